The average molecular weight is 222 g/mol. The van der Waals surface area contributed by atoms with Crippen molar-refractivity contribution in [2.24, 2.45) is 5.41 Å². The Morgan fingerprint density at radius 3 is 2.13 bits per heavy atom. The second-order valence-electron chi connectivity index (χ2n) is 4.12. The van der Waals surface area contributed by atoms with Crippen LogP contribution in [0.25, 0.3) is 0 Å². The van der Waals surface area contributed by atoms with E-state index < -0.39 is 17.5 Å². The zero-order valence-corrected chi connectivity index (χ0v) is 8.23. The normalized spacial score (nSPS) is 25.1. The maximum atomic E-state index is 12.6. The number of hydrogen-bond acceptors (Lipinski definition) is 2. The van der Waals surface area contributed by atoms with Crippen LogP contribution in [0.15, 0.2) is 0 Å². The Morgan fingerprint density at radius 2 is 1.73 bits per heavy atom. The molecule has 0 atom stereocenters. The van der Waals surface area contributed by atoms with E-state index in [9.17, 15) is 18.0 Å². The molecular formula is C9H13F3N2O. The Morgan fingerprint density at radius 1 is 1.20 bits per heavy atom. The van der Waals surface area contributed by atoms with E-state index >= 15 is 0 Å². The Balaban J connectivity index is 2.07. The molecule has 0 unspecified atom stereocenters. The number of nitrogens with one attached hydrogen (secondary N) is 1. The largest absolute Gasteiger partial charge is 0.403 e. The van der Waals surface area contributed by atoms with Crippen LogP contribution in [0, 0.1) is 5.41 Å². The standard InChI is InChI=1S/C9H13F3N2O/c10-9(11,12)8(1-2-8)7(15)14-5-3-13-4-6-14/h13H,1-6H2. The van der Waals surface area contributed by atoms with Gasteiger partial charge in [-0.25, -0.2) is 0 Å². The number of halogens is 3. The molecule has 0 aromatic heterocycles. The summed E-state index contributed by atoms with van der Waals surface area (Å²) in [6.07, 6.45) is -4.46. The summed E-state index contributed by atoms with van der Waals surface area (Å²) in [5, 5.41) is 3.01. The molecule has 1 heterocycles. The van der Waals surface area contributed by atoms with E-state index in [2.05, 4.69) is 5.32 Å². The van der Waals surface area contributed by atoms with Crippen molar-refractivity contribution in [3.8, 4) is 0 Å². The molecule has 3 nitrogen and oxygen atoms in total. The number of nitrogens with zero attached hydrogens (tertiary/aromatic N) is 1. The van der Waals surface area contributed by atoms with Crippen molar-refractivity contribution in [1.82, 2.24) is 10.2 Å². The Hall–Kier alpha value is -0.780. The van der Waals surface area contributed by atoms with E-state index in [-0.39, 0.29) is 12.8 Å². The molecule has 1 aliphatic heterocycles. The molecule has 0 radical (unpaired) electrons. The highest BCUT2D eigenvalue weighted by molar-refractivity contribution is 5.86. The second-order valence-corrected chi connectivity index (χ2v) is 4.12. The van der Waals surface area contributed by atoms with E-state index in [1.807, 2.05) is 0 Å². The number of hydrogen-bond donors (Lipinski definition) is 1. The second kappa shape index (κ2) is 3.37. The lowest BCUT2D eigenvalue weighted by Crippen LogP contribution is -2.51. The van der Waals surface area contributed by atoms with Crippen LogP contribution in [-0.4, -0.2) is 43.2 Å². The molecular weight excluding hydrogens is 209 g/mol. The smallest absolute Gasteiger partial charge is 0.339 e. The molecule has 1 saturated carbocycles. The number of rotatable bonds is 1. The fourth-order valence-corrected chi connectivity index (χ4v) is 1.91. The minimum atomic E-state index is -4.38. The highest BCUT2D eigenvalue weighted by Gasteiger charge is 2.69. The van der Waals surface area contributed by atoms with Crippen LogP contribution < -0.4 is 5.32 Å². The Kier molecular flexibility index (Phi) is 2.41. The van der Waals surface area contributed by atoms with Crippen molar-refractivity contribution < 1.29 is 18.0 Å². The third kappa shape index (κ3) is 1.71. The molecule has 2 rings (SSSR count). The van der Waals surface area contributed by atoms with Crippen LogP contribution in [0.2, 0.25) is 0 Å². The molecule has 2 aliphatic rings. The van der Waals surface area contributed by atoms with Gasteiger partial charge in [0.2, 0.25) is 5.91 Å². The quantitative estimate of drug-likeness (QED) is 0.710. The zero-order valence-electron chi connectivity index (χ0n) is 8.23. The summed E-state index contributed by atoms with van der Waals surface area (Å²) in [7, 11) is 0. The fraction of sp³-hybridized carbons (Fsp3) is 0.889. The molecule has 0 spiro atoms. The summed E-state index contributed by atoms with van der Waals surface area (Å²) < 4.78 is 37.9. The summed E-state index contributed by atoms with van der Waals surface area (Å²) in [6, 6.07) is 0. The van der Waals surface area contributed by atoms with Gasteiger partial charge in [0.1, 0.15) is 5.41 Å². The Labute approximate surface area is 85.6 Å². The first-order valence-corrected chi connectivity index (χ1v) is 5.04. The number of piperazine rings is 1. The molecule has 15 heavy (non-hydrogen) atoms. The molecule has 1 N–H and O–H groups in total. The lowest BCUT2D eigenvalue weighted by Gasteiger charge is -2.31. The third-order valence-corrected chi connectivity index (χ3v) is 3.11. The van der Waals surface area contributed by atoms with Crippen LogP contribution in [0.1, 0.15) is 12.8 Å². The van der Waals surface area contributed by atoms with E-state index in [0.717, 1.165) is 0 Å². The molecule has 1 aliphatic carbocycles. The maximum absolute atomic E-state index is 12.6. The average Bonchev–Trinajstić information content (AvgIpc) is 2.98. The lowest BCUT2D eigenvalue weighted by atomic mass is 10.0. The van der Waals surface area contributed by atoms with E-state index in [4.69, 9.17) is 0 Å². The van der Waals surface area contributed by atoms with Crippen molar-refractivity contribution >= 4 is 5.91 Å². The van der Waals surface area contributed by atoms with Crippen molar-refractivity contribution in [2.75, 3.05) is 26.2 Å². The van der Waals surface area contributed by atoms with Gasteiger partial charge >= 0.3 is 6.18 Å². The molecule has 1 amide bonds. The van der Waals surface area contributed by atoms with E-state index in [1.165, 1.54) is 4.90 Å². The van der Waals surface area contributed by atoms with Crippen molar-refractivity contribution in [1.29, 1.82) is 0 Å². The van der Waals surface area contributed by atoms with Gasteiger partial charge in [0.15, 0.2) is 0 Å². The molecule has 0 bridgehead atoms. The van der Waals surface area contributed by atoms with Crippen LogP contribution in [-0.2, 0) is 4.79 Å². The van der Waals surface area contributed by atoms with E-state index in [0.29, 0.717) is 26.2 Å². The summed E-state index contributed by atoms with van der Waals surface area (Å²) >= 11 is 0. The maximum Gasteiger partial charge on any atom is 0.403 e. The van der Waals surface area contributed by atoms with Crippen molar-refractivity contribution in [2.45, 2.75) is 19.0 Å². The molecule has 6 heteroatoms. The Bertz CT molecular complexity index is 267. The topological polar surface area (TPSA) is 32.3 Å². The summed E-state index contributed by atoms with van der Waals surface area (Å²) in [4.78, 5) is 13.0. The van der Waals surface area contributed by atoms with Crippen molar-refractivity contribution in [3.63, 3.8) is 0 Å². The van der Waals surface area contributed by atoms with Crippen LogP contribution in [0.5, 0.6) is 0 Å². The molecule has 1 saturated heterocycles. The number of amides is 1. The van der Waals surface area contributed by atoms with Gasteiger partial charge in [-0.2, -0.15) is 13.2 Å². The van der Waals surface area contributed by atoms with Gasteiger partial charge in [-0.1, -0.05) is 0 Å². The van der Waals surface area contributed by atoms with Crippen LogP contribution in [0.4, 0.5) is 13.2 Å². The van der Waals surface area contributed by atoms with Gasteiger partial charge in [0.25, 0.3) is 0 Å². The predicted octanol–water partition coefficient (Wildman–Crippen LogP) is 0.761. The monoisotopic (exact) mass is 222 g/mol. The highest BCUT2D eigenvalue weighted by atomic mass is 19.4. The summed E-state index contributed by atoms with van der Waals surface area (Å²) in [6.45, 7) is 1.94. The first-order valence-electron chi connectivity index (χ1n) is 5.04. The molecule has 0 aromatic carbocycles. The van der Waals surface area contributed by atoms with Gasteiger partial charge in [-0.15, -0.1) is 0 Å². The fourth-order valence-electron chi connectivity index (χ4n) is 1.91. The minimum Gasteiger partial charge on any atom is -0.339 e. The third-order valence-electron chi connectivity index (χ3n) is 3.11. The van der Waals surface area contributed by atoms with Crippen molar-refractivity contribution in [3.05, 3.63) is 0 Å². The first kappa shape index (κ1) is 10.7. The predicted molar refractivity (Wildman–Crippen MR) is 47.2 cm³/mol. The molecule has 2 fully saturated rings. The lowest BCUT2D eigenvalue weighted by molar-refractivity contribution is -0.198. The van der Waals surface area contributed by atoms with Gasteiger partial charge in [0.05, 0.1) is 0 Å². The molecule has 0 aromatic rings. The minimum absolute atomic E-state index is 0.0424. The van der Waals surface area contributed by atoms with Gasteiger partial charge in [-0.05, 0) is 12.8 Å². The van der Waals surface area contributed by atoms with Gasteiger partial charge in [-0.3, -0.25) is 4.79 Å². The highest BCUT2D eigenvalue weighted by Crippen LogP contribution is 2.58. The number of alkyl halides is 3. The zero-order chi connectivity index (χ0) is 11.1. The summed E-state index contributed by atoms with van der Waals surface area (Å²) in [5.74, 6) is -0.725. The number of carbonyl (C=O) groups excluding carboxylic acids is 1. The summed E-state index contributed by atoms with van der Waals surface area (Å²) in [5.41, 5.74) is -2.04. The number of carbonyl (C=O) groups is 1. The van der Waals surface area contributed by atoms with Gasteiger partial charge < -0.3 is 10.2 Å². The first-order chi connectivity index (χ1) is 6.97. The van der Waals surface area contributed by atoms with Crippen LogP contribution >= 0.6 is 0 Å². The van der Waals surface area contributed by atoms with Gasteiger partial charge in [0, 0.05) is 26.2 Å². The SMILES string of the molecule is O=C(N1CCNCC1)C1(C(F)(F)F)CC1. The molecule has 86 valence electrons. The van der Waals surface area contributed by atoms with Crippen LogP contribution in [0.3, 0.4) is 0 Å². The van der Waals surface area contributed by atoms with E-state index in [1.54, 1.807) is 0 Å².